The molecule has 1 saturated carbocycles. The Morgan fingerprint density at radius 1 is 1.32 bits per heavy atom. The molecule has 0 amide bonds. The second kappa shape index (κ2) is 8.88. The smallest absolute Gasteiger partial charge is 0.0900 e. The lowest BCUT2D eigenvalue weighted by atomic mass is 10.1. The van der Waals surface area contributed by atoms with Crippen molar-refractivity contribution in [2.75, 3.05) is 26.2 Å². The number of aliphatic hydroxyl groups excluding tert-OH is 1. The Morgan fingerprint density at radius 2 is 2.00 bits per heavy atom. The molecule has 22 heavy (non-hydrogen) atoms. The number of benzene rings is 1. The van der Waals surface area contributed by atoms with Crippen LogP contribution in [-0.4, -0.2) is 42.4 Å². The average Bonchev–Trinajstić information content (AvgIpc) is 3.30. The highest BCUT2D eigenvalue weighted by molar-refractivity contribution is 6.30. The Kier molecular flexibility index (Phi) is 7.16. The van der Waals surface area contributed by atoms with Gasteiger partial charge in [0.1, 0.15) is 0 Å². The summed E-state index contributed by atoms with van der Waals surface area (Å²) in [6, 6.07) is 7.67. The molecule has 3 nitrogen and oxygen atoms in total. The summed E-state index contributed by atoms with van der Waals surface area (Å²) >= 11 is 5.89. The van der Waals surface area contributed by atoms with Crippen LogP contribution in [0.4, 0.5) is 0 Å². The first-order valence-corrected chi connectivity index (χ1v) is 8.73. The standard InChI is InChI=1S/C18H28ClNO2/c1-3-10-20(11-15-4-5-15)12-18(21)13-22-14(2)16-6-8-17(19)9-7-16/h6-9,14-15,18,21H,3-5,10-13H2,1-2H3. The number of hydrogen-bond acceptors (Lipinski definition) is 3. The lowest BCUT2D eigenvalue weighted by Crippen LogP contribution is -2.37. The fraction of sp³-hybridized carbons (Fsp3) is 0.667. The van der Waals surface area contributed by atoms with Crippen LogP contribution in [0.5, 0.6) is 0 Å². The molecule has 1 aromatic rings. The molecule has 1 fully saturated rings. The molecule has 4 heteroatoms. The first kappa shape index (κ1) is 17.7. The van der Waals surface area contributed by atoms with Crippen molar-refractivity contribution in [2.45, 2.75) is 45.3 Å². The second-order valence-corrected chi connectivity index (χ2v) is 6.82. The fourth-order valence-corrected chi connectivity index (χ4v) is 2.80. The zero-order chi connectivity index (χ0) is 15.9. The highest BCUT2D eigenvalue weighted by Gasteiger charge is 2.25. The van der Waals surface area contributed by atoms with E-state index in [9.17, 15) is 5.11 Å². The van der Waals surface area contributed by atoms with Crippen LogP contribution in [0.25, 0.3) is 0 Å². The Balaban J connectivity index is 1.73. The van der Waals surface area contributed by atoms with Gasteiger partial charge in [-0.15, -0.1) is 0 Å². The van der Waals surface area contributed by atoms with Gasteiger partial charge in [0, 0.05) is 18.1 Å². The van der Waals surface area contributed by atoms with Crippen LogP contribution in [0.3, 0.4) is 0 Å². The van der Waals surface area contributed by atoms with Crippen LogP contribution in [0.1, 0.15) is 44.8 Å². The minimum Gasteiger partial charge on any atom is -0.389 e. The van der Waals surface area contributed by atoms with Gasteiger partial charge in [0.2, 0.25) is 0 Å². The SMILES string of the molecule is CCCN(CC(O)COC(C)c1ccc(Cl)cc1)CC1CC1. The van der Waals surface area contributed by atoms with Crippen LogP contribution in [0.15, 0.2) is 24.3 Å². The van der Waals surface area contributed by atoms with Gasteiger partial charge in [-0.3, -0.25) is 0 Å². The molecule has 2 rings (SSSR count). The van der Waals surface area contributed by atoms with Crippen molar-refractivity contribution >= 4 is 11.6 Å². The summed E-state index contributed by atoms with van der Waals surface area (Å²) in [6.45, 7) is 7.44. The normalized spacial score (nSPS) is 17.7. The highest BCUT2D eigenvalue weighted by atomic mass is 35.5. The summed E-state index contributed by atoms with van der Waals surface area (Å²) in [6.07, 6.45) is 3.36. The molecule has 124 valence electrons. The van der Waals surface area contributed by atoms with Crippen LogP contribution < -0.4 is 0 Å². The maximum atomic E-state index is 10.2. The number of nitrogens with zero attached hydrogens (tertiary/aromatic N) is 1. The van der Waals surface area contributed by atoms with Gasteiger partial charge in [0.25, 0.3) is 0 Å². The van der Waals surface area contributed by atoms with Crippen molar-refractivity contribution in [3.05, 3.63) is 34.9 Å². The molecule has 1 aromatic carbocycles. The van der Waals surface area contributed by atoms with E-state index < -0.39 is 6.10 Å². The van der Waals surface area contributed by atoms with Crippen molar-refractivity contribution in [1.82, 2.24) is 4.90 Å². The molecular formula is C18H28ClNO2. The topological polar surface area (TPSA) is 32.7 Å². The zero-order valence-electron chi connectivity index (χ0n) is 13.7. The average molecular weight is 326 g/mol. The Morgan fingerprint density at radius 3 is 2.59 bits per heavy atom. The third-order valence-electron chi connectivity index (χ3n) is 4.10. The highest BCUT2D eigenvalue weighted by Crippen LogP contribution is 2.29. The van der Waals surface area contributed by atoms with Crippen LogP contribution in [0.2, 0.25) is 5.02 Å². The monoisotopic (exact) mass is 325 g/mol. The van der Waals surface area contributed by atoms with Crippen molar-refractivity contribution in [3.8, 4) is 0 Å². The maximum absolute atomic E-state index is 10.2. The van der Waals surface area contributed by atoms with Crippen molar-refractivity contribution in [2.24, 2.45) is 5.92 Å². The quantitative estimate of drug-likeness (QED) is 0.708. The van der Waals surface area contributed by atoms with Gasteiger partial charge in [-0.2, -0.15) is 0 Å². The van der Waals surface area contributed by atoms with Crippen LogP contribution in [0, 0.1) is 5.92 Å². The maximum Gasteiger partial charge on any atom is 0.0900 e. The molecule has 0 bridgehead atoms. The Hall–Kier alpha value is -0.610. The lowest BCUT2D eigenvalue weighted by molar-refractivity contribution is -0.0161. The minimum atomic E-state index is -0.431. The van der Waals surface area contributed by atoms with E-state index in [0.29, 0.717) is 13.2 Å². The first-order valence-electron chi connectivity index (χ1n) is 8.36. The van der Waals surface area contributed by atoms with Gasteiger partial charge in [-0.25, -0.2) is 0 Å². The van der Waals surface area contributed by atoms with Crippen molar-refractivity contribution < 1.29 is 9.84 Å². The van der Waals surface area contributed by atoms with E-state index in [1.165, 1.54) is 12.8 Å². The van der Waals surface area contributed by atoms with E-state index in [4.69, 9.17) is 16.3 Å². The van der Waals surface area contributed by atoms with E-state index in [1.54, 1.807) is 0 Å². The third kappa shape index (κ3) is 6.25. The van der Waals surface area contributed by atoms with Gasteiger partial charge < -0.3 is 14.7 Å². The predicted molar refractivity (Wildman–Crippen MR) is 91.3 cm³/mol. The van der Waals surface area contributed by atoms with Gasteiger partial charge in [-0.1, -0.05) is 30.7 Å². The molecule has 0 aromatic heterocycles. The summed E-state index contributed by atoms with van der Waals surface area (Å²) < 4.78 is 5.81. The van der Waals surface area contributed by atoms with Crippen LogP contribution in [-0.2, 0) is 4.74 Å². The van der Waals surface area contributed by atoms with Crippen molar-refractivity contribution in [3.63, 3.8) is 0 Å². The number of ether oxygens (including phenoxy) is 1. The Labute approximate surface area is 139 Å². The molecule has 2 unspecified atom stereocenters. The number of halogens is 1. The molecule has 0 spiro atoms. The third-order valence-corrected chi connectivity index (χ3v) is 4.35. The first-order chi connectivity index (χ1) is 10.6. The summed E-state index contributed by atoms with van der Waals surface area (Å²) in [5.41, 5.74) is 1.08. The molecular weight excluding hydrogens is 298 g/mol. The summed E-state index contributed by atoms with van der Waals surface area (Å²) in [4.78, 5) is 2.37. The number of aliphatic hydroxyl groups is 1. The van der Waals surface area contributed by atoms with Gasteiger partial charge in [0.05, 0.1) is 18.8 Å². The van der Waals surface area contributed by atoms with E-state index >= 15 is 0 Å². The largest absolute Gasteiger partial charge is 0.389 e. The minimum absolute atomic E-state index is 0.0324. The molecule has 1 aliphatic carbocycles. The summed E-state index contributed by atoms with van der Waals surface area (Å²) in [5, 5.41) is 11.0. The molecule has 0 radical (unpaired) electrons. The number of rotatable bonds is 10. The van der Waals surface area contributed by atoms with Crippen LogP contribution >= 0.6 is 11.6 Å². The van der Waals surface area contributed by atoms with E-state index in [1.807, 2.05) is 31.2 Å². The van der Waals surface area contributed by atoms with E-state index in [2.05, 4.69) is 11.8 Å². The molecule has 1 N–H and O–H groups in total. The summed E-state index contributed by atoms with van der Waals surface area (Å²) in [5.74, 6) is 0.854. The van der Waals surface area contributed by atoms with Crippen molar-refractivity contribution in [1.29, 1.82) is 0 Å². The van der Waals surface area contributed by atoms with Gasteiger partial charge in [0.15, 0.2) is 0 Å². The fourth-order valence-electron chi connectivity index (χ4n) is 2.68. The van der Waals surface area contributed by atoms with E-state index in [-0.39, 0.29) is 6.10 Å². The number of hydrogen-bond donors (Lipinski definition) is 1. The molecule has 0 saturated heterocycles. The molecule has 1 aliphatic rings. The second-order valence-electron chi connectivity index (χ2n) is 6.38. The van der Waals surface area contributed by atoms with Gasteiger partial charge in [-0.05, 0) is 56.3 Å². The zero-order valence-corrected chi connectivity index (χ0v) is 14.4. The predicted octanol–water partition coefficient (Wildman–Crippen LogP) is 3.90. The molecule has 0 heterocycles. The van der Waals surface area contributed by atoms with Gasteiger partial charge >= 0.3 is 0 Å². The Bertz CT molecular complexity index is 433. The molecule has 0 aliphatic heterocycles. The van der Waals surface area contributed by atoms with E-state index in [0.717, 1.165) is 36.0 Å². The lowest BCUT2D eigenvalue weighted by Gasteiger charge is -2.25. The summed E-state index contributed by atoms with van der Waals surface area (Å²) in [7, 11) is 0. The molecule has 2 atom stereocenters.